The summed E-state index contributed by atoms with van der Waals surface area (Å²) in [5.74, 6) is -1.21. The fourth-order valence-corrected chi connectivity index (χ4v) is 3.09. The van der Waals surface area contributed by atoms with Crippen molar-refractivity contribution >= 4 is 17.5 Å². The Bertz CT molecular complexity index is 1150. The van der Waals surface area contributed by atoms with Crippen molar-refractivity contribution in [1.29, 1.82) is 0 Å². The van der Waals surface area contributed by atoms with E-state index in [1.165, 1.54) is 18.7 Å². The number of benzene rings is 1. The maximum Gasteiger partial charge on any atom is 0.416 e. The van der Waals surface area contributed by atoms with Crippen molar-refractivity contribution in [2.24, 2.45) is 0 Å². The maximum absolute atomic E-state index is 13.6. The molecule has 2 aromatic heterocycles. The normalized spacial score (nSPS) is 14.1. The Morgan fingerprint density at radius 1 is 1.09 bits per heavy atom. The van der Waals surface area contributed by atoms with E-state index in [4.69, 9.17) is 4.74 Å². The lowest BCUT2D eigenvalue weighted by Crippen LogP contribution is -2.54. The summed E-state index contributed by atoms with van der Waals surface area (Å²) in [5, 5.41) is 2.62. The van der Waals surface area contributed by atoms with Crippen LogP contribution in [0.25, 0.3) is 0 Å². The SMILES string of the molecule is Cc1cc(NC(=O)c2nccnc2N2CC(Oc3cc(F)cc(C(F)(F)F)c3)C2)ncn1. The number of aryl methyl sites for hydroxylation is 1. The predicted octanol–water partition coefficient (Wildman–Crippen LogP) is 3.25. The number of amides is 1. The number of nitrogens with zero attached hydrogens (tertiary/aromatic N) is 5. The van der Waals surface area contributed by atoms with Gasteiger partial charge in [0.25, 0.3) is 5.91 Å². The summed E-state index contributed by atoms with van der Waals surface area (Å²) < 4.78 is 57.7. The van der Waals surface area contributed by atoms with Gasteiger partial charge in [0.2, 0.25) is 0 Å². The molecule has 4 rings (SSSR count). The summed E-state index contributed by atoms with van der Waals surface area (Å²) in [7, 11) is 0. The molecule has 1 aromatic carbocycles. The van der Waals surface area contributed by atoms with Crippen LogP contribution < -0.4 is 15.0 Å². The molecule has 3 heterocycles. The summed E-state index contributed by atoms with van der Waals surface area (Å²) in [5.41, 5.74) is -0.410. The minimum absolute atomic E-state index is 0.0485. The molecule has 1 N–H and O–H groups in total. The van der Waals surface area contributed by atoms with E-state index >= 15 is 0 Å². The molecule has 0 spiro atoms. The van der Waals surface area contributed by atoms with Crippen LogP contribution in [0.5, 0.6) is 5.75 Å². The first-order valence-electron chi connectivity index (χ1n) is 9.39. The number of halogens is 4. The number of anilines is 2. The highest BCUT2D eigenvalue weighted by Gasteiger charge is 2.35. The molecular formula is C20H16F4N6O2. The summed E-state index contributed by atoms with van der Waals surface area (Å²) >= 11 is 0. The molecule has 8 nitrogen and oxygen atoms in total. The second kappa shape index (κ2) is 8.36. The molecule has 3 aromatic rings. The summed E-state index contributed by atoms with van der Waals surface area (Å²) in [6, 6.07) is 3.64. The van der Waals surface area contributed by atoms with Crippen LogP contribution >= 0.6 is 0 Å². The highest BCUT2D eigenvalue weighted by Crippen LogP contribution is 2.33. The van der Waals surface area contributed by atoms with E-state index in [1.807, 2.05) is 0 Å². The van der Waals surface area contributed by atoms with E-state index in [1.54, 1.807) is 17.9 Å². The molecule has 1 saturated heterocycles. The zero-order valence-electron chi connectivity index (χ0n) is 16.6. The second-order valence-corrected chi connectivity index (χ2v) is 7.05. The standard InChI is InChI=1S/C20H16F4N6O2/c1-11-4-16(28-10-27-11)29-19(31)17-18(26-3-2-25-17)30-8-15(9-30)32-14-6-12(20(22,23)24)5-13(21)7-14/h2-7,10,15H,8-9H2,1H3,(H,27,28,29,31). The third-order valence-electron chi connectivity index (χ3n) is 4.59. The number of nitrogens with one attached hydrogen (secondary N) is 1. The van der Waals surface area contributed by atoms with E-state index in [9.17, 15) is 22.4 Å². The van der Waals surface area contributed by atoms with Gasteiger partial charge in [-0.3, -0.25) is 4.79 Å². The molecule has 32 heavy (non-hydrogen) atoms. The molecule has 0 saturated carbocycles. The van der Waals surface area contributed by atoms with Crippen LogP contribution in [0.4, 0.5) is 29.2 Å². The van der Waals surface area contributed by atoms with Gasteiger partial charge < -0.3 is 15.0 Å². The zero-order chi connectivity index (χ0) is 22.9. The third kappa shape index (κ3) is 4.74. The highest BCUT2D eigenvalue weighted by atomic mass is 19.4. The number of alkyl halides is 3. The highest BCUT2D eigenvalue weighted by molar-refractivity contribution is 6.05. The van der Waals surface area contributed by atoms with E-state index in [2.05, 4.69) is 25.3 Å². The van der Waals surface area contributed by atoms with Crippen molar-refractivity contribution in [2.45, 2.75) is 19.2 Å². The minimum Gasteiger partial charge on any atom is -0.487 e. The number of aromatic nitrogens is 4. The van der Waals surface area contributed by atoms with Crippen molar-refractivity contribution < 1.29 is 27.1 Å². The maximum atomic E-state index is 13.6. The third-order valence-corrected chi connectivity index (χ3v) is 4.59. The van der Waals surface area contributed by atoms with Crippen molar-refractivity contribution in [3.8, 4) is 5.75 Å². The van der Waals surface area contributed by atoms with Crippen molar-refractivity contribution in [3.63, 3.8) is 0 Å². The Morgan fingerprint density at radius 3 is 2.56 bits per heavy atom. The molecule has 0 atom stereocenters. The fraction of sp³-hybridized carbons (Fsp3) is 0.250. The van der Waals surface area contributed by atoms with Gasteiger partial charge >= 0.3 is 6.18 Å². The average Bonchev–Trinajstić information content (AvgIpc) is 2.69. The quantitative estimate of drug-likeness (QED) is 0.599. The van der Waals surface area contributed by atoms with Gasteiger partial charge in [0.15, 0.2) is 11.5 Å². The van der Waals surface area contributed by atoms with Gasteiger partial charge in [-0.15, -0.1) is 0 Å². The van der Waals surface area contributed by atoms with Gasteiger partial charge in [0.1, 0.15) is 29.8 Å². The Kier molecular flexibility index (Phi) is 5.59. The Hall–Kier alpha value is -3.83. The topological polar surface area (TPSA) is 93.1 Å². The van der Waals surface area contributed by atoms with Gasteiger partial charge in [-0.2, -0.15) is 13.2 Å². The van der Waals surface area contributed by atoms with Crippen LogP contribution in [0.2, 0.25) is 0 Å². The lowest BCUT2D eigenvalue weighted by Gasteiger charge is -2.40. The molecule has 12 heteroatoms. The Morgan fingerprint density at radius 2 is 1.84 bits per heavy atom. The van der Waals surface area contributed by atoms with E-state index in [-0.39, 0.29) is 30.4 Å². The van der Waals surface area contributed by atoms with Gasteiger partial charge in [0, 0.05) is 30.2 Å². The summed E-state index contributed by atoms with van der Waals surface area (Å²) in [6.07, 6.45) is -1.10. The lowest BCUT2D eigenvalue weighted by atomic mass is 10.1. The van der Waals surface area contributed by atoms with Crippen LogP contribution in [0.3, 0.4) is 0 Å². The first kappa shape index (κ1) is 21.4. The monoisotopic (exact) mass is 448 g/mol. The molecule has 1 fully saturated rings. The fourth-order valence-electron chi connectivity index (χ4n) is 3.09. The number of rotatable bonds is 5. The zero-order valence-corrected chi connectivity index (χ0v) is 16.6. The predicted molar refractivity (Wildman–Crippen MR) is 105 cm³/mol. The Balaban J connectivity index is 1.43. The molecular weight excluding hydrogens is 432 g/mol. The lowest BCUT2D eigenvalue weighted by molar-refractivity contribution is -0.137. The van der Waals surface area contributed by atoms with Crippen LogP contribution in [0, 0.1) is 12.7 Å². The molecule has 0 aliphatic carbocycles. The second-order valence-electron chi connectivity index (χ2n) is 7.05. The summed E-state index contributed by atoms with van der Waals surface area (Å²) in [4.78, 5) is 30.5. The first-order valence-corrected chi connectivity index (χ1v) is 9.39. The molecule has 0 bridgehead atoms. The Labute approximate surface area is 179 Å². The number of hydrogen-bond acceptors (Lipinski definition) is 7. The number of carbonyl (C=O) groups is 1. The summed E-state index contributed by atoms with van der Waals surface area (Å²) in [6.45, 7) is 2.20. The van der Waals surface area contributed by atoms with Crippen LogP contribution in [-0.2, 0) is 6.18 Å². The largest absolute Gasteiger partial charge is 0.487 e. The first-order chi connectivity index (χ1) is 15.2. The number of ether oxygens (including phenoxy) is 1. The number of hydrogen-bond donors (Lipinski definition) is 1. The van der Waals surface area contributed by atoms with Gasteiger partial charge in [-0.25, -0.2) is 24.3 Å². The van der Waals surface area contributed by atoms with Gasteiger partial charge in [-0.1, -0.05) is 0 Å². The molecule has 166 valence electrons. The van der Waals surface area contributed by atoms with Crippen molar-refractivity contribution in [2.75, 3.05) is 23.3 Å². The van der Waals surface area contributed by atoms with Gasteiger partial charge in [-0.05, 0) is 19.1 Å². The van der Waals surface area contributed by atoms with Crippen LogP contribution in [-0.4, -0.2) is 45.0 Å². The minimum atomic E-state index is -4.68. The number of carbonyl (C=O) groups excluding carboxylic acids is 1. The van der Waals surface area contributed by atoms with E-state index < -0.39 is 29.6 Å². The average molecular weight is 448 g/mol. The van der Waals surface area contributed by atoms with Crippen molar-refractivity contribution in [1.82, 2.24) is 19.9 Å². The van der Waals surface area contributed by atoms with E-state index in [0.29, 0.717) is 17.6 Å². The molecule has 1 aliphatic rings. The van der Waals surface area contributed by atoms with Gasteiger partial charge in [0.05, 0.1) is 18.7 Å². The molecule has 0 unspecified atom stereocenters. The molecule has 1 aliphatic heterocycles. The van der Waals surface area contributed by atoms with E-state index in [0.717, 1.165) is 12.1 Å². The van der Waals surface area contributed by atoms with Crippen LogP contribution in [0.15, 0.2) is 43.0 Å². The smallest absolute Gasteiger partial charge is 0.416 e. The molecule has 1 amide bonds. The molecule has 0 radical (unpaired) electrons. The van der Waals surface area contributed by atoms with Crippen molar-refractivity contribution in [3.05, 3.63) is 65.8 Å². The van der Waals surface area contributed by atoms with Crippen LogP contribution in [0.1, 0.15) is 21.7 Å².